The van der Waals surface area contributed by atoms with Gasteiger partial charge in [-0.05, 0) is 25.2 Å². The van der Waals surface area contributed by atoms with E-state index in [0.29, 0.717) is 12.8 Å². The minimum Gasteiger partial charge on any atom is -0.327 e. The Morgan fingerprint density at radius 1 is 1.36 bits per heavy atom. The monoisotopic (exact) mass is 165 g/mol. The lowest BCUT2D eigenvalue weighted by Gasteiger charge is -2.62. The van der Waals surface area contributed by atoms with Gasteiger partial charge in [0.1, 0.15) is 0 Å². The maximum absolute atomic E-state index is 12.3. The van der Waals surface area contributed by atoms with E-state index in [9.17, 15) is 13.2 Å². The Hall–Kier alpha value is -0.250. The first kappa shape index (κ1) is 7.40. The molecule has 4 heteroatoms. The van der Waals surface area contributed by atoms with Crippen LogP contribution in [-0.4, -0.2) is 12.2 Å². The van der Waals surface area contributed by atoms with Crippen molar-refractivity contribution in [1.82, 2.24) is 0 Å². The number of halogens is 3. The number of alkyl halides is 3. The van der Waals surface area contributed by atoms with Gasteiger partial charge in [0, 0.05) is 6.04 Å². The molecule has 3 atom stereocenters. The number of fused-ring (bicyclic) bond motifs is 1. The molecule has 0 aromatic heterocycles. The van der Waals surface area contributed by atoms with Crippen LogP contribution in [0, 0.1) is 11.3 Å². The van der Waals surface area contributed by atoms with Crippen LogP contribution in [0.1, 0.15) is 19.3 Å². The SMILES string of the molecule is NC1CC2(C(F)(F)F)CCC12. The zero-order valence-electron chi connectivity index (χ0n) is 5.99. The Kier molecular flexibility index (Phi) is 1.17. The van der Waals surface area contributed by atoms with Crippen molar-refractivity contribution in [1.29, 1.82) is 0 Å². The molecule has 0 heterocycles. The van der Waals surface area contributed by atoms with E-state index < -0.39 is 11.6 Å². The van der Waals surface area contributed by atoms with Crippen molar-refractivity contribution in [3.8, 4) is 0 Å². The summed E-state index contributed by atoms with van der Waals surface area (Å²) in [5, 5.41) is 0. The smallest absolute Gasteiger partial charge is 0.327 e. The summed E-state index contributed by atoms with van der Waals surface area (Å²) in [6.45, 7) is 0. The standard InChI is InChI=1S/C7H10F3N/c8-7(9,10)6-2-1-4(6)5(11)3-6/h4-5H,1-3,11H2. The Labute approximate surface area is 62.8 Å². The fourth-order valence-electron chi connectivity index (χ4n) is 2.41. The van der Waals surface area contributed by atoms with Crippen molar-refractivity contribution < 1.29 is 13.2 Å². The molecule has 0 radical (unpaired) electrons. The van der Waals surface area contributed by atoms with Crippen molar-refractivity contribution in [2.45, 2.75) is 31.5 Å². The molecule has 2 rings (SSSR count). The lowest BCUT2D eigenvalue weighted by Crippen LogP contribution is -2.68. The molecule has 0 amide bonds. The van der Waals surface area contributed by atoms with Crippen molar-refractivity contribution >= 4 is 0 Å². The van der Waals surface area contributed by atoms with E-state index in [-0.39, 0.29) is 18.4 Å². The van der Waals surface area contributed by atoms with Gasteiger partial charge >= 0.3 is 6.18 Å². The van der Waals surface area contributed by atoms with Crippen LogP contribution in [0.25, 0.3) is 0 Å². The first-order chi connectivity index (χ1) is 4.97. The molecule has 2 aliphatic carbocycles. The first-order valence-corrected chi connectivity index (χ1v) is 3.80. The molecular weight excluding hydrogens is 155 g/mol. The van der Waals surface area contributed by atoms with E-state index in [2.05, 4.69) is 0 Å². The summed E-state index contributed by atoms with van der Waals surface area (Å²) in [6.07, 6.45) is -2.89. The third-order valence-corrected chi connectivity index (χ3v) is 3.29. The molecule has 0 bridgehead atoms. The lowest BCUT2D eigenvalue weighted by atomic mass is 9.45. The molecule has 0 aliphatic heterocycles. The van der Waals surface area contributed by atoms with Crippen molar-refractivity contribution in [2.24, 2.45) is 17.1 Å². The van der Waals surface area contributed by atoms with Gasteiger partial charge in [-0.1, -0.05) is 0 Å². The summed E-state index contributed by atoms with van der Waals surface area (Å²) >= 11 is 0. The minimum absolute atomic E-state index is 0.154. The second-order valence-electron chi connectivity index (χ2n) is 3.67. The highest BCUT2D eigenvalue weighted by Crippen LogP contribution is 2.67. The zero-order valence-corrected chi connectivity index (χ0v) is 5.99. The molecule has 11 heavy (non-hydrogen) atoms. The van der Waals surface area contributed by atoms with E-state index in [1.165, 1.54) is 0 Å². The van der Waals surface area contributed by atoms with Gasteiger partial charge in [-0.3, -0.25) is 0 Å². The van der Waals surface area contributed by atoms with Crippen molar-refractivity contribution in [3.05, 3.63) is 0 Å². The summed E-state index contributed by atoms with van der Waals surface area (Å²) in [6, 6.07) is -0.189. The van der Waals surface area contributed by atoms with Gasteiger partial charge in [-0.2, -0.15) is 13.2 Å². The predicted molar refractivity (Wildman–Crippen MR) is 33.8 cm³/mol. The zero-order chi connectivity index (χ0) is 8.28. The normalized spacial score (nSPS) is 49.1. The highest BCUT2D eigenvalue weighted by atomic mass is 19.4. The van der Waals surface area contributed by atoms with Crippen LogP contribution < -0.4 is 5.73 Å². The van der Waals surface area contributed by atoms with Crippen LogP contribution in [-0.2, 0) is 0 Å². The number of rotatable bonds is 0. The van der Waals surface area contributed by atoms with E-state index in [0.717, 1.165) is 0 Å². The summed E-state index contributed by atoms with van der Waals surface area (Å²) in [5.41, 5.74) is 4.09. The number of hydrogen-bond acceptors (Lipinski definition) is 1. The summed E-state index contributed by atoms with van der Waals surface area (Å²) in [5.74, 6) is -0.262. The molecule has 3 unspecified atom stereocenters. The van der Waals surface area contributed by atoms with E-state index in [1.54, 1.807) is 0 Å². The van der Waals surface area contributed by atoms with Gasteiger partial charge in [0.15, 0.2) is 0 Å². The predicted octanol–water partition coefficient (Wildman–Crippen LogP) is 1.68. The molecule has 2 fully saturated rings. The molecule has 0 spiro atoms. The third kappa shape index (κ3) is 0.662. The summed E-state index contributed by atoms with van der Waals surface area (Å²) in [7, 11) is 0. The Morgan fingerprint density at radius 2 is 2.00 bits per heavy atom. The molecule has 0 saturated heterocycles. The molecule has 2 saturated carbocycles. The average Bonchev–Trinajstić information content (AvgIpc) is 1.77. The first-order valence-electron chi connectivity index (χ1n) is 3.80. The highest BCUT2D eigenvalue weighted by molar-refractivity contribution is 5.14. The average molecular weight is 165 g/mol. The maximum atomic E-state index is 12.3. The second-order valence-corrected chi connectivity index (χ2v) is 3.67. The van der Waals surface area contributed by atoms with Gasteiger partial charge < -0.3 is 5.73 Å². The van der Waals surface area contributed by atoms with Crippen molar-refractivity contribution in [2.75, 3.05) is 0 Å². The fourth-order valence-corrected chi connectivity index (χ4v) is 2.41. The molecule has 0 aromatic carbocycles. The second kappa shape index (κ2) is 1.73. The summed E-state index contributed by atoms with van der Waals surface area (Å²) < 4.78 is 36.9. The van der Waals surface area contributed by atoms with E-state index in [4.69, 9.17) is 5.73 Å². The van der Waals surface area contributed by atoms with Gasteiger partial charge in [-0.25, -0.2) is 0 Å². The molecule has 0 aromatic rings. The fraction of sp³-hybridized carbons (Fsp3) is 1.00. The van der Waals surface area contributed by atoms with Crippen LogP contribution in [0.5, 0.6) is 0 Å². The third-order valence-electron chi connectivity index (χ3n) is 3.29. The maximum Gasteiger partial charge on any atom is 0.394 e. The van der Waals surface area contributed by atoms with Crippen LogP contribution in [0.2, 0.25) is 0 Å². The molecule has 64 valence electrons. The van der Waals surface area contributed by atoms with Gasteiger partial charge in [-0.15, -0.1) is 0 Å². The van der Waals surface area contributed by atoms with E-state index in [1.807, 2.05) is 0 Å². The summed E-state index contributed by atoms with van der Waals surface area (Å²) in [4.78, 5) is 0. The van der Waals surface area contributed by atoms with Crippen molar-refractivity contribution in [3.63, 3.8) is 0 Å². The van der Waals surface area contributed by atoms with Crippen LogP contribution in [0.4, 0.5) is 13.2 Å². The molecular formula is C7H10F3N. The molecule has 2 N–H and O–H groups in total. The van der Waals surface area contributed by atoms with Crippen LogP contribution in [0.15, 0.2) is 0 Å². The highest BCUT2D eigenvalue weighted by Gasteiger charge is 2.71. The topological polar surface area (TPSA) is 26.0 Å². The number of hydrogen-bond donors (Lipinski definition) is 1. The van der Waals surface area contributed by atoms with E-state index >= 15 is 0 Å². The Bertz CT molecular complexity index is 189. The lowest BCUT2D eigenvalue weighted by molar-refractivity contribution is -0.317. The molecule has 1 nitrogen and oxygen atoms in total. The Balaban J connectivity index is 2.15. The molecule has 2 aliphatic rings. The van der Waals surface area contributed by atoms with Crippen LogP contribution in [0.3, 0.4) is 0 Å². The largest absolute Gasteiger partial charge is 0.394 e. The Morgan fingerprint density at radius 3 is 2.09 bits per heavy atom. The van der Waals surface area contributed by atoms with Gasteiger partial charge in [0.05, 0.1) is 5.41 Å². The van der Waals surface area contributed by atoms with Gasteiger partial charge in [0.25, 0.3) is 0 Å². The number of nitrogens with two attached hydrogens (primary N) is 1. The van der Waals surface area contributed by atoms with Crippen LogP contribution >= 0.6 is 0 Å². The minimum atomic E-state index is -4.01. The quantitative estimate of drug-likeness (QED) is 0.580. The van der Waals surface area contributed by atoms with Gasteiger partial charge in [0.2, 0.25) is 0 Å².